The van der Waals surface area contributed by atoms with Gasteiger partial charge in [-0.3, -0.25) is 9.69 Å². The summed E-state index contributed by atoms with van der Waals surface area (Å²) >= 11 is 1.62. The molecule has 7 nitrogen and oxygen atoms in total. The Morgan fingerprint density at radius 3 is 2.58 bits per heavy atom. The van der Waals surface area contributed by atoms with E-state index in [2.05, 4.69) is 20.0 Å². The molecule has 0 bridgehead atoms. The molecular weight excluding hydrogens is 434 g/mol. The van der Waals surface area contributed by atoms with Gasteiger partial charge in [0.15, 0.2) is 5.16 Å². The first-order valence-corrected chi connectivity index (χ1v) is 12.2. The fraction of sp³-hybridized carbons (Fsp3) is 0.320. The second kappa shape index (κ2) is 9.41. The van der Waals surface area contributed by atoms with Crippen molar-refractivity contribution in [2.24, 2.45) is 0 Å². The van der Waals surface area contributed by atoms with Crippen molar-refractivity contribution in [3.63, 3.8) is 0 Å². The van der Waals surface area contributed by atoms with E-state index in [1.807, 2.05) is 67.3 Å². The van der Waals surface area contributed by atoms with E-state index in [-0.39, 0.29) is 5.91 Å². The number of fused-ring (bicyclic) bond motifs is 1. The third-order valence-electron chi connectivity index (χ3n) is 6.20. The zero-order valence-electron chi connectivity index (χ0n) is 18.9. The highest BCUT2D eigenvalue weighted by Crippen LogP contribution is 2.25. The molecule has 33 heavy (non-hydrogen) atoms. The topological polar surface area (TPSA) is 78.3 Å². The number of thioether (sulfide) groups is 1. The number of amides is 1. The molecule has 1 fully saturated rings. The third kappa shape index (κ3) is 4.67. The van der Waals surface area contributed by atoms with Crippen molar-refractivity contribution in [3.05, 3.63) is 76.7 Å². The molecule has 8 heteroatoms. The number of hydrogen-bond donors (Lipinski definition) is 1. The first-order chi connectivity index (χ1) is 16.1. The van der Waals surface area contributed by atoms with Crippen molar-refractivity contribution in [2.45, 2.75) is 31.3 Å². The van der Waals surface area contributed by atoms with Gasteiger partial charge in [-0.2, -0.15) is 0 Å². The molecule has 1 aliphatic heterocycles. The Hall–Kier alpha value is -3.10. The highest BCUT2D eigenvalue weighted by molar-refractivity contribution is 7.98. The largest absolute Gasteiger partial charge is 0.361 e. The molecule has 1 aliphatic rings. The second-order valence-electron chi connectivity index (χ2n) is 8.38. The number of hydrogen-bond acceptors (Lipinski definition) is 6. The zero-order chi connectivity index (χ0) is 22.8. The van der Waals surface area contributed by atoms with Crippen molar-refractivity contribution in [2.75, 3.05) is 26.2 Å². The van der Waals surface area contributed by atoms with Gasteiger partial charge in [-0.05, 0) is 37.6 Å². The Bertz CT molecular complexity index is 1220. The average molecular weight is 462 g/mol. The second-order valence-corrected chi connectivity index (χ2v) is 9.34. The lowest BCUT2D eigenvalue weighted by Gasteiger charge is -2.35. The van der Waals surface area contributed by atoms with E-state index < -0.39 is 0 Å². The number of para-hydroxylation sites is 2. The minimum atomic E-state index is 0.104. The number of carbonyl (C=O) groups excluding carboxylic acids is 1. The monoisotopic (exact) mass is 461 g/mol. The fourth-order valence-electron chi connectivity index (χ4n) is 4.23. The first-order valence-electron chi connectivity index (χ1n) is 11.2. The van der Waals surface area contributed by atoms with Crippen LogP contribution < -0.4 is 0 Å². The minimum Gasteiger partial charge on any atom is -0.361 e. The van der Waals surface area contributed by atoms with E-state index in [0.717, 1.165) is 64.0 Å². The molecule has 0 spiro atoms. The molecule has 0 atom stereocenters. The number of piperazine rings is 1. The lowest BCUT2D eigenvalue weighted by atomic mass is 10.1. The summed E-state index contributed by atoms with van der Waals surface area (Å²) in [6, 6.07) is 15.9. The number of aromatic nitrogens is 3. The van der Waals surface area contributed by atoms with Gasteiger partial charge < -0.3 is 14.4 Å². The Morgan fingerprint density at radius 1 is 1.06 bits per heavy atom. The van der Waals surface area contributed by atoms with Crippen LogP contribution in [0.3, 0.4) is 0 Å². The number of carbonyl (C=O) groups is 1. The van der Waals surface area contributed by atoms with Crippen LogP contribution in [0, 0.1) is 13.8 Å². The molecule has 1 amide bonds. The van der Waals surface area contributed by atoms with Crippen LogP contribution in [0.5, 0.6) is 0 Å². The number of aryl methyl sites for hydroxylation is 2. The number of imidazole rings is 1. The van der Waals surface area contributed by atoms with E-state index in [1.165, 1.54) is 0 Å². The summed E-state index contributed by atoms with van der Waals surface area (Å²) in [6.45, 7) is 7.85. The molecule has 170 valence electrons. The van der Waals surface area contributed by atoms with Crippen LogP contribution in [0.25, 0.3) is 11.0 Å². The van der Waals surface area contributed by atoms with E-state index >= 15 is 0 Å². The molecule has 3 heterocycles. The molecule has 4 aromatic rings. The predicted octanol–water partition coefficient (Wildman–Crippen LogP) is 4.42. The number of H-pyrrole nitrogens is 1. The van der Waals surface area contributed by atoms with Crippen molar-refractivity contribution < 1.29 is 9.32 Å². The quantitative estimate of drug-likeness (QED) is 0.428. The predicted molar refractivity (Wildman–Crippen MR) is 129 cm³/mol. The van der Waals surface area contributed by atoms with Gasteiger partial charge in [0.2, 0.25) is 0 Å². The summed E-state index contributed by atoms with van der Waals surface area (Å²) in [7, 11) is 0. The molecule has 0 unspecified atom stereocenters. The van der Waals surface area contributed by atoms with Gasteiger partial charge in [-0.1, -0.05) is 47.3 Å². The number of nitrogens with one attached hydrogen (secondary N) is 1. The van der Waals surface area contributed by atoms with Gasteiger partial charge in [0.1, 0.15) is 5.76 Å². The molecule has 5 rings (SSSR count). The highest BCUT2D eigenvalue weighted by atomic mass is 32.2. The van der Waals surface area contributed by atoms with Crippen LogP contribution in [-0.2, 0) is 12.3 Å². The van der Waals surface area contributed by atoms with Gasteiger partial charge in [-0.25, -0.2) is 4.98 Å². The maximum Gasteiger partial charge on any atom is 0.254 e. The van der Waals surface area contributed by atoms with Crippen LogP contribution in [0.1, 0.15) is 32.9 Å². The van der Waals surface area contributed by atoms with E-state index in [4.69, 9.17) is 4.52 Å². The van der Waals surface area contributed by atoms with Crippen LogP contribution in [-0.4, -0.2) is 57.0 Å². The standard InChI is InChI=1S/C25H27N5O2S/c1-17-21(18(2)32-28-17)15-29-11-13-30(14-12-29)24(31)20-8-4-3-7-19(20)16-33-25-26-22-9-5-6-10-23(22)27-25/h3-10H,11-16H2,1-2H3,(H,26,27). The zero-order valence-corrected chi connectivity index (χ0v) is 19.7. The van der Waals surface area contributed by atoms with Gasteiger partial charge in [0.25, 0.3) is 5.91 Å². The van der Waals surface area contributed by atoms with Gasteiger partial charge in [0.05, 0.1) is 16.7 Å². The van der Waals surface area contributed by atoms with Gasteiger partial charge in [-0.15, -0.1) is 0 Å². The minimum absolute atomic E-state index is 0.104. The molecular formula is C25H27N5O2S. The highest BCUT2D eigenvalue weighted by Gasteiger charge is 2.25. The van der Waals surface area contributed by atoms with Crippen molar-refractivity contribution in [1.29, 1.82) is 0 Å². The Balaban J connectivity index is 1.22. The summed E-state index contributed by atoms with van der Waals surface area (Å²) in [5.74, 6) is 1.67. The van der Waals surface area contributed by atoms with Crippen LogP contribution in [0.2, 0.25) is 0 Å². The van der Waals surface area contributed by atoms with E-state index in [0.29, 0.717) is 18.8 Å². The Labute approximate surface area is 197 Å². The van der Waals surface area contributed by atoms with E-state index in [9.17, 15) is 4.79 Å². The summed E-state index contributed by atoms with van der Waals surface area (Å²) in [5, 5.41) is 4.92. The number of benzene rings is 2. The molecule has 0 saturated carbocycles. The van der Waals surface area contributed by atoms with Gasteiger partial charge in [0, 0.05) is 49.6 Å². The fourth-order valence-corrected chi connectivity index (χ4v) is 5.12. The molecule has 2 aromatic heterocycles. The maximum absolute atomic E-state index is 13.4. The molecule has 1 saturated heterocycles. The normalized spacial score (nSPS) is 14.8. The lowest BCUT2D eigenvalue weighted by molar-refractivity contribution is 0.0627. The van der Waals surface area contributed by atoms with Crippen molar-refractivity contribution in [3.8, 4) is 0 Å². The van der Waals surface area contributed by atoms with E-state index in [1.54, 1.807) is 11.8 Å². The summed E-state index contributed by atoms with van der Waals surface area (Å²) in [4.78, 5) is 25.7. The van der Waals surface area contributed by atoms with Crippen LogP contribution in [0.4, 0.5) is 0 Å². The van der Waals surface area contributed by atoms with Crippen LogP contribution >= 0.6 is 11.8 Å². The number of rotatable bonds is 6. The number of aromatic amines is 1. The summed E-state index contributed by atoms with van der Waals surface area (Å²) < 4.78 is 5.29. The van der Waals surface area contributed by atoms with Gasteiger partial charge >= 0.3 is 0 Å². The van der Waals surface area contributed by atoms with Crippen LogP contribution in [0.15, 0.2) is 58.2 Å². The smallest absolute Gasteiger partial charge is 0.254 e. The Kier molecular flexibility index (Phi) is 6.20. The number of nitrogens with zero attached hydrogens (tertiary/aromatic N) is 4. The summed E-state index contributed by atoms with van der Waals surface area (Å²) in [5.41, 5.74) is 5.90. The third-order valence-corrected chi connectivity index (χ3v) is 7.12. The maximum atomic E-state index is 13.4. The molecule has 2 aromatic carbocycles. The lowest BCUT2D eigenvalue weighted by Crippen LogP contribution is -2.48. The SMILES string of the molecule is Cc1noc(C)c1CN1CCN(C(=O)c2ccccc2CSc2nc3ccccc3[nH]2)CC1. The molecule has 0 aliphatic carbocycles. The average Bonchev–Trinajstić information content (AvgIpc) is 3.41. The van der Waals surface area contributed by atoms with Crippen molar-refractivity contribution in [1.82, 2.24) is 24.9 Å². The molecule has 1 N–H and O–H groups in total. The van der Waals surface area contributed by atoms with Crippen molar-refractivity contribution >= 4 is 28.7 Å². The Morgan fingerprint density at radius 2 is 1.82 bits per heavy atom. The summed E-state index contributed by atoms with van der Waals surface area (Å²) in [6.07, 6.45) is 0. The molecule has 0 radical (unpaired) electrons. The first kappa shape index (κ1) is 21.7.